The molecule has 0 unspecified atom stereocenters. The van der Waals surface area contributed by atoms with E-state index in [9.17, 15) is 13.2 Å². The predicted molar refractivity (Wildman–Crippen MR) is 73.0 cm³/mol. The minimum Gasteiger partial charge on any atom is -0.477 e. The fraction of sp³-hybridized carbons (Fsp3) is 0.583. The number of aromatic carboxylic acids is 1. The molecular formula is C12H17NO4S2. The number of carbonyl (C=O) groups is 1. The third kappa shape index (κ3) is 3.16. The molecule has 1 saturated carbocycles. The van der Waals surface area contributed by atoms with Crippen LogP contribution in [0.1, 0.15) is 36.4 Å². The van der Waals surface area contributed by atoms with Crippen molar-refractivity contribution in [3.8, 4) is 0 Å². The summed E-state index contributed by atoms with van der Waals surface area (Å²) in [5.41, 5.74) is 0. The van der Waals surface area contributed by atoms with E-state index in [-0.39, 0.29) is 21.0 Å². The Morgan fingerprint density at radius 1 is 1.47 bits per heavy atom. The number of nitrogens with zero attached hydrogens (tertiary/aromatic N) is 1. The highest BCUT2D eigenvalue weighted by Gasteiger charge is 2.39. The van der Waals surface area contributed by atoms with Gasteiger partial charge in [0.1, 0.15) is 9.09 Å². The normalized spacial score (nSPS) is 16.2. The van der Waals surface area contributed by atoms with Crippen molar-refractivity contribution in [3.05, 3.63) is 17.0 Å². The molecule has 0 aliphatic heterocycles. The van der Waals surface area contributed by atoms with Crippen LogP contribution in [0.2, 0.25) is 0 Å². The molecule has 0 atom stereocenters. The summed E-state index contributed by atoms with van der Waals surface area (Å²) in [6, 6.07) is 2.82. The Hall–Kier alpha value is -0.920. The first-order valence-corrected chi connectivity index (χ1v) is 8.43. The van der Waals surface area contributed by atoms with E-state index in [4.69, 9.17) is 5.11 Å². The van der Waals surface area contributed by atoms with Crippen LogP contribution in [0.3, 0.4) is 0 Å². The zero-order valence-electron chi connectivity index (χ0n) is 10.9. The van der Waals surface area contributed by atoms with Gasteiger partial charge in [0.2, 0.25) is 0 Å². The van der Waals surface area contributed by atoms with Crippen LogP contribution < -0.4 is 0 Å². The van der Waals surface area contributed by atoms with Gasteiger partial charge in [0.05, 0.1) is 0 Å². The predicted octanol–water partition coefficient (Wildman–Crippen LogP) is 2.26. The summed E-state index contributed by atoms with van der Waals surface area (Å²) in [6.07, 6.45) is 1.78. The number of sulfonamides is 1. The second-order valence-electron chi connectivity index (χ2n) is 5.12. The zero-order valence-corrected chi connectivity index (χ0v) is 12.5. The van der Waals surface area contributed by atoms with E-state index in [1.54, 1.807) is 0 Å². The third-order valence-electron chi connectivity index (χ3n) is 2.85. The Morgan fingerprint density at radius 2 is 2.11 bits per heavy atom. The molecule has 1 aromatic heterocycles. The van der Waals surface area contributed by atoms with Crippen molar-refractivity contribution >= 4 is 27.3 Å². The Bertz CT molecular complexity index is 572. The van der Waals surface area contributed by atoms with Gasteiger partial charge in [-0.3, -0.25) is 0 Å². The molecule has 1 aliphatic carbocycles. The summed E-state index contributed by atoms with van der Waals surface area (Å²) >= 11 is 0.819. The van der Waals surface area contributed by atoms with Gasteiger partial charge in [-0.1, -0.05) is 13.8 Å². The van der Waals surface area contributed by atoms with Crippen LogP contribution in [0.5, 0.6) is 0 Å². The van der Waals surface area contributed by atoms with E-state index in [2.05, 4.69) is 0 Å². The molecule has 2 rings (SSSR count). The van der Waals surface area contributed by atoms with E-state index in [0.29, 0.717) is 6.54 Å². The second-order valence-corrected chi connectivity index (χ2v) is 8.32. The maximum atomic E-state index is 12.5. The number of carboxylic acids is 1. The Labute approximate surface area is 116 Å². The largest absolute Gasteiger partial charge is 0.477 e. The molecule has 1 heterocycles. The van der Waals surface area contributed by atoms with Crippen molar-refractivity contribution in [1.29, 1.82) is 0 Å². The summed E-state index contributed by atoms with van der Waals surface area (Å²) in [4.78, 5) is 10.9. The van der Waals surface area contributed by atoms with Gasteiger partial charge in [-0.15, -0.1) is 11.3 Å². The molecule has 19 heavy (non-hydrogen) atoms. The quantitative estimate of drug-likeness (QED) is 0.874. The molecule has 0 spiro atoms. The van der Waals surface area contributed by atoms with Crippen LogP contribution in [-0.2, 0) is 10.0 Å². The first-order valence-electron chi connectivity index (χ1n) is 6.17. The SMILES string of the molecule is CC(C)CN(C1CC1)S(=O)(=O)c1ccc(C(=O)O)s1. The van der Waals surface area contributed by atoms with Crippen molar-refractivity contribution in [2.45, 2.75) is 36.9 Å². The average molecular weight is 303 g/mol. The van der Waals surface area contributed by atoms with Crippen LogP contribution in [0, 0.1) is 5.92 Å². The highest BCUT2D eigenvalue weighted by Crippen LogP contribution is 2.34. The smallest absolute Gasteiger partial charge is 0.345 e. The number of rotatable bonds is 6. The fourth-order valence-corrected chi connectivity index (χ4v) is 4.98. The second kappa shape index (κ2) is 5.22. The van der Waals surface area contributed by atoms with E-state index in [1.165, 1.54) is 16.4 Å². The summed E-state index contributed by atoms with van der Waals surface area (Å²) in [6.45, 7) is 4.43. The molecule has 0 saturated heterocycles. The number of carboxylic acid groups (broad SMARTS) is 1. The van der Waals surface area contributed by atoms with Crippen LogP contribution >= 0.6 is 11.3 Å². The average Bonchev–Trinajstić information content (AvgIpc) is 2.99. The molecule has 1 fully saturated rings. The van der Waals surface area contributed by atoms with Gasteiger partial charge < -0.3 is 5.11 Å². The van der Waals surface area contributed by atoms with Gasteiger partial charge in [-0.2, -0.15) is 4.31 Å². The molecule has 1 N–H and O–H groups in total. The fourth-order valence-electron chi connectivity index (χ4n) is 1.86. The lowest BCUT2D eigenvalue weighted by molar-refractivity contribution is 0.0702. The Kier molecular flexibility index (Phi) is 3.98. The first-order chi connectivity index (χ1) is 8.82. The number of hydrogen-bond acceptors (Lipinski definition) is 4. The minimum atomic E-state index is -3.56. The summed E-state index contributed by atoms with van der Waals surface area (Å²) in [5.74, 6) is -0.845. The van der Waals surface area contributed by atoms with Gasteiger partial charge >= 0.3 is 5.97 Å². The molecule has 1 aliphatic rings. The van der Waals surface area contributed by atoms with E-state index >= 15 is 0 Å². The maximum absolute atomic E-state index is 12.5. The highest BCUT2D eigenvalue weighted by atomic mass is 32.2. The monoisotopic (exact) mass is 303 g/mol. The molecule has 7 heteroatoms. The zero-order chi connectivity index (χ0) is 14.2. The lowest BCUT2D eigenvalue weighted by Crippen LogP contribution is -2.35. The summed E-state index contributed by atoms with van der Waals surface area (Å²) in [7, 11) is -3.56. The van der Waals surface area contributed by atoms with Gasteiger partial charge in [0.15, 0.2) is 0 Å². The molecule has 0 radical (unpaired) electrons. The van der Waals surface area contributed by atoms with Crippen LogP contribution in [0.4, 0.5) is 0 Å². The van der Waals surface area contributed by atoms with E-state index in [0.717, 1.165) is 24.2 Å². The summed E-state index contributed by atoms with van der Waals surface area (Å²) in [5, 5.41) is 8.87. The van der Waals surface area contributed by atoms with Gasteiger partial charge in [0, 0.05) is 12.6 Å². The van der Waals surface area contributed by atoms with Crippen molar-refractivity contribution in [1.82, 2.24) is 4.31 Å². The maximum Gasteiger partial charge on any atom is 0.345 e. The van der Waals surface area contributed by atoms with Crippen molar-refractivity contribution < 1.29 is 18.3 Å². The molecule has 1 aromatic rings. The molecule has 0 amide bonds. The third-order valence-corrected chi connectivity index (χ3v) is 6.31. The first kappa shape index (κ1) is 14.5. The topological polar surface area (TPSA) is 74.7 Å². The molecular weight excluding hydrogens is 286 g/mol. The van der Waals surface area contributed by atoms with Gasteiger partial charge in [-0.25, -0.2) is 13.2 Å². The molecule has 106 valence electrons. The molecule has 5 nitrogen and oxygen atoms in total. The minimum absolute atomic E-state index is 0.0545. The van der Waals surface area contributed by atoms with Crippen LogP contribution in [0.15, 0.2) is 16.3 Å². The number of thiophene rings is 1. The standard InChI is InChI=1S/C12H17NO4S2/c1-8(2)7-13(9-3-4-9)19(16,17)11-6-5-10(18-11)12(14)15/h5-6,8-9H,3-4,7H2,1-2H3,(H,14,15). The molecule has 0 bridgehead atoms. The lowest BCUT2D eigenvalue weighted by Gasteiger charge is -2.22. The molecule has 0 aromatic carbocycles. The van der Waals surface area contributed by atoms with Crippen molar-refractivity contribution in [3.63, 3.8) is 0 Å². The van der Waals surface area contributed by atoms with E-state index < -0.39 is 16.0 Å². The lowest BCUT2D eigenvalue weighted by atomic mass is 10.2. The highest BCUT2D eigenvalue weighted by molar-refractivity contribution is 7.91. The van der Waals surface area contributed by atoms with Crippen LogP contribution in [-0.4, -0.2) is 36.4 Å². The number of hydrogen-bond donors (Lipinski definition) is 1. The van der Waals surface area contributed by atoms with Crippen LogP contribution in [0.25, 0.3) is 0 Å². The van der Waals surface area contributed by atoms with Gasteiger partial charge in [-0.05, 0) is 30.9 Å². The van der Waals surface area contributed by atoms with E-state index in [1.807, 2.05) is 13.8 Å². The van der Waals surface area contributed by atoms with Gasteiger partial charge in [0.25, 0.3) is 10.0 Å². The Morgan fingerprint density at radius 3 is 2.53 bits per heavy atom. The van der Waals surface area contributed by atoms with Crippen molar-refractivity contribution in [2.24, 2.45) is 5.92 Å². The summed E-state index contributed by atoms with van der Waals surface area (Å²) < 4.78 is 26.7. The van der Waals surface area contributed by atoms with Crippen molar-refractivity contribution in [2.75, 3.05) is 6.54 Å². The Balaban J connectivity index is 2.30.